The van der Waals surface area contributed by atoms with Gasteiger partial charge in [-0.05, 0) is 32.1 Å². The van der Waals surface area contributed by atoms with Crippen molar-refractivity contribution in [3.05, 3.63) is 11.9 Å². The zero-order valence-electron chi connectivity index (χ0n) is 13.2. The SMILES string of the molecule is CC(CC1CCC1)N[C@@H]1CCCC[C@@H]1n1cc(C(=O)O)nn1. The Morgan fingerprint density at radius 2 is 2.14 bits per heavy atom. The third kappa shape index (κ3) is 3.48. The molecule has 22 heavy (non-hydrogen) atoms. The summed E-state index contributed by atoms with van der Waals surface area (Å²) in [4.78, 5) is 11.0. The highest BCUT2D eigenvalue weighted by Crippen LogP contribution is 2.32. The van der Waals surface area contributed by atoms with E-state index in [1.54, 1.807) is 10.9 Å². The molecule has 0 spiro atoms. The van der Waals surface area contributed by atoms with Crippen LogP contribution in [0, 0.1) is 5.92 Å². The molecule has 0 aromatic carbocycles. The maximum atomic E-state index is 11.0. The van der Waals surface area contributed by atoms with E-state index in [4.69, 9.17) is 5.11 Å². The molecule has 0 aliphatic heterocycles. The monoisotopic (exact) mass is 306 g/mol. The predicted molar refractivity (Wildman–Crippen MR) is 82.8 cm³/mol. The zero-order chi connectivity index (χ0) is 15.5. The molecule has 2 saturated carbocycles. The Morgan fingerprint density at radius 3 is 2.77 bits per heavy atom. The molecule has 2 N–H and O–H groups in total. The topological polar surface area (TPSA) is 80.0 Å². The smallest absolute Gasteiger partial charge is 0.358 e. The number of carboxylic acids is 1. The van der Waals surface area contributed by atoms with Crippen LogP contribution in [0.4, 0.5) is 0 Å². The summed E-state index contributed by atoms with van der Waals surface area (Å²) in [5.41, 5.74) is 0.0341. The normalized spacial score (nSPS) is 27.3. The van der Waals surface area contributed by atoms with Crippen LogP contribution in [0.2, 0.25) is 0 Å². The Hall–Kier alpha value is -1.43. The summed E-state index contributed by atoms with van der Waals surface area (Å²) in [6.07, 6.45) is 11.5. The van der Waals surface area contributed by atoms with Crippen LogP contribution >= 0.6 is 0 Å². The van der Waals surface area contributed by atoms with Gasteiger partial charge >= 0.3 is 5.97 Å². The molecule has 0 saturated heterocycles. The molecular weight excluding hydrogens is 280 g/mol. The molecule has 122 valence electrons. The third-order valence-corrected chi connectivity index (χ3v) is 5.21. The molecule has 1 aromatic rings. The summed E-state index contributed by atoms with van der Waals surface area (Å²) in [5.74, 6) is -0.112. The van der Waals surface area contributed by atoms with E-state index in [0.717, 1.165) is 18.8 Å². The quantitative estimate of drug-likeness (QED) is 0.844. The first kappa shape index (κ1) is 15.5. The van der Waals surface area contributed by atoms with Crippen molar-refractivity contribution in [2.24, 2.45) is 5.92 Å². The first-order chi connectivity index (χ1) is 10.6. The number of carboxylic acid groups (broad SMARTS) is 1. The summed E-state index contributed by atoms with van der Waals surface area (Å²) in [5, 5.41) is 20.6. The number of hydrogen-bond acceptors (Lipinski definition) is 4. The van der Waals surface area contributed by atoms with Crippen LogP contribution in [0.3, 0.4) is 0 Å². The zero-order valence-corrected chi connectivity index (χ0v) is 13.2. The van der Waals surface area contributed by atoms with Crippen LogP contribution < -0.4 is 5.32 Å². The Morgan fingerprint density at radius 1 is 1.36 bits per heavy atom. The Balaban J connectivity index is 1.63. The van der Waals surface area contributed by atoms with Gasteiger partial charge in [0, 0.05) is 12.1 Å². The third-order valence-electron chi connectivity index (χ3n) is 5.21. The van der Waals surface area contributed by atoms with Crippen LogP contribution in [0.15, 0.2) is 6.20 Å². The lowest BCUT2D eigenvalue weighted by Crippen LogP contribution is -2.45. The van der Waals surface area contributed by atoms with E-state index in [0.29, 0.717) is 12.1 Å². The lowest BCUT2D eigenvalue weighted by atomic mass is 9.80. The number of aromatic nitrogens is 3. The molecule has 2 fully saturated rings. The first-order valence-corrected chi connectivity index (χ1v) is 8.54. The van der Waals surface area contributed by atoms with Crippen molar-refractivity contribution in [1.82, 2.24) is 20.3 Å². The minimum absolute atomic E-state index is 0.0341. The minimum Gasteiger partial charge on any atom is -0.476 e. The van der Waals surface area contributed by atoms with Crippen molar-refractivity contribution >= 4 is 5.97 Å². The van der Waals surface area contributed by atoms with Crippen molar-refractivity contribution in [3.63, 3.8) is 0 Å². The van der Waals surface area contributed by atoms with E-state index in [9.17, 15) is 4.79 Å². The van der Waals surface area contributed by atoms with Crippen LogP contribution in [0.25, 0.3) is 0 Å². The molecule has 0 amide bonds. The van der Waals surface area contributed by atoms with Crippen LogP contribution in [0.1, 0.15) is 74.8 Å². The highest BCUT2D eigenvalue weighted by atomic mass is 16.4. The largest absolute Gasteiger partial charge is 0.476 e. The van der Waals surface area contributed by atoms with Gasteiger partial charge in [-0.2, -0.15) is 0 Å². The van der Waals surface area contributed by atoms with Gasteiger partial charge in [0.1, 0.15) is 0 Å². The molecule has 2 aliphatic rings. The molecular formula is C16H26N4O2. The fraction of sp³-hybridized carbons (Fsp3) is 0.812. The van der Waals surface area contributed by atoms with Crippen LogP contribution in [-0.2, 0) is 0 Å². The standard InChI is InChI=1S/C16H26N4O2/c1-11(9-12-5-4-6-12)17-13-7-2-3-8-15(13)20-10-14(16(21)22)18-19-20/h10-13,15,17H,2-9H2,1H3,(H,21,22)/t11?,13-,15+/m1/s1. The van der Waals surface area contributed by atoms with Crippen LogP contribution in [0.5, 0.6) is 0 Å². The minimum atomic E-state index is -1.01. The number of nitrogens with one attached hydrogen (secondary N) is 1. The van der Waals surface area contributed by atoms with Crippen LogP contribution in [-0.4, -0.2) is 38.2 Å². The van der Waals surface area contributed by atoms with E-state index in [1.165, 1.54) is 38.5 Å². The van der Waals surface area contributed by atoms with E-state index >= 15 is 0 Å². The van der Waals surface area contributed by atoms with Crippen molar-refractivity contribution in [3.8, 4) is 0 Å². The molecule has 1 heterocycles. The van der Waals surface area contributed by atoms with E-state index in [1.807, 2.05) is 0 Å². The molecule has 6 heteroatoms. The average Bonchev–Trinajstić information content (AvgIpc) is 2.93. The van der Waals surface area contributed by atoms with Gasteiger partial charge < -0.3 is 10.4 Å². The fourth-order valence-corrected chi connectivity index (χ4v) is 3.82. The highest BCUT2D eigenvalue weighted by molar-refractivity contribution is 5.84. The second-order valence-electron chi connectivity index (χ2n) is 6.95. The maximum absolute atomic E-state index is 11.0. The number of rotatable bonds is 6. The molecule has 2 aliphatic carbocycles. The van der Waals surface area contributed by atoms with Crippen molar-refractivity contribution in [2.45, 2.75) is 76.4 Å². The molecule has 1 unspecified atom stereocenters. The maximum Gasteiger partial charge on any atom is 0.358 e. The lowest BCUT2D eigenvalue weighted by molar-refractivity contribution is 0.0690. The van der Waals surface area contributed by atoms with Gasteiger partial charge in [0.25, 0.3) is 0 Å². The molecule has 0 bridgehead atoms. The second-order valence-corrected chi connectivity index (χ2v) is 6.95. The number of aromatic carboxylic acids is 1. The molecule has 3 rings (SSSR count). The van der Waals surface area contributed by atoms with E-state index < -0.39 is 5.97 Å². The van der Waals surface area contributed by atoms with Gasteiger partial charge in [0.05, 0.1) is 12.2 Å². The Labute approximate surface area is 131 Å². The predicted octanol–water partition coefficient (Wildman–Crippen LogP) is 2.63. The lowest BCUT2D eigenvalue weighted by Gasteiger charge is -2.36. The molecule has 3 atom stereocenters. The Bertz CT molecular complexity index is 512. The fourth-order valence-electron chi connectivity index (χ4n) is 3.82. The van der Waals surface area contributed by atoms with Gasteiger partial charge in [0.15, 0.2) is 5.69 Å². The second kappa shape index (κ2) is 6.77. The first-order valence-electron chi connectivity index (χ1n) is 8.54. The summed E-state index contributed by atoms with van der Waals surface area (Å²) in [6, 6.07) is 1.10. The van der Waals surface area contributed by atoms with Gasteiger partial charge in [-0.1, -0.05) is 37.3 Å². The molecule has 0 radical (unpaired) electrons. The number of nitrogens with zero attached hydrogens (tertiary/aromatic N) is 3. The average molecular weight is 306 g/mol. The summed E-state index contributed by atoms with van der Waals surface area (Å²) >= 11 is 0. The number of hydrogen-bond donors (Lipinski definition) is 2. The summed E-state index contributed by atoms with van der Waals surface area (Å²) < 4.78 is 1.76. The van der Waals surface area contributed by atoms with Crippen molar-refractivity contribution in [2.75, 3.05) is 0 Å². The molecule has 6 nitrogen and oxygen atoms in total. The molecule has 1 aromatic heterocycles. The van der Waals surface area contributed by atoms with Crippen molar-refractivity contribution in [1.29, 1.82) is 0 Å². The number of carbonyl (C=O) groups is 1. The van der Waals surface area contributed by atoms with Gasteiger partial charge in [-0.25, -0.2) is 9.48 Å². The van der Waals surface area contributed by atoms with E-state index in [-0.39, 0.29) is 11.7 Å². The summed E-state index contributed by atoms with van der Waals surface area (Å²) in [6.45, 7) is 2.27. The van der Waals surface area contributed by atoms with Crippen molar-refractivity contribution < 1.29 is 9.90 Å². The van der Waals surface area contributed by atoms with Gasteiger partial charge in [-0.15, -0.1) is 5.10 Å². The van der Waals surface area contributed by atoms with E-state index in [2.05, 4.69) is 22.6 Å². The van der Waals surface area contributed by atoms with Gasteiger partial charge in [0.2, 0.25) is 0 Å². The van der Waals surface area contributed by atoms with Gasteiger partial charge in [-0.3, -0.25) is 0 Å². The summed E-state index contributed by atoms with van der Waals surface area (Å²) in [7, 11) is 0. The highest BCUT2D eigenvalue weighted by Gasteiger charge is 2.30. The Kier molecular flexibility index (Phi) is 4.76.